The summed E-state index contributed by atoms with van der Waals surface area (Å²) in [5, 5.41) is 6.02. The molecule has 3 aromatic rings. The van der Waals surface area contributed by atoms with Crippen molar-refractivity contribution in [2.24, 2.45) is 5.92 Å². The number of hydrogen-bond donors (Lipinski definition) is 2. The monoisotopic (exact) mass is 612 g/mol. The van der Waals surface area contributed by atoms with Crippen LogP contribution in [0.1, 0.15) is 46.5 Å². The van der Waals surface area contributed by atoms with Crippen molar-refractivity contribution in [1.29, 1.82) is 0 Å². The molecule has 2 fully saturated rings. The van der Waals surface area contributed by atoms with Gasteiger partial charge in [0.15, 0.2) is 15.7 Å². The normalized spacial score (nSPS) is 17.4. The zero-order valence-corrected chi connectivity index (χ0v) is 26.4. The van der Waals surface area contributed by atoms with Crippen LogP contribution in [0.15, 0.2) is 53.6 Å². The molecule has 226 valence electrons. The standard InChI is InChI=1S/C31H41ClN6O3S/c1-21(2)42(39,40)29-8-6-5-7-27(29)34-30-25(32)20-33-31(36-30)35-26-10-9-24(19-28(26)41-4)38-17-13-23(14-18-38)37-15-11-22(3)12-16-37/h5-10,19-23H,11-18H2,1-4H3,(H2,33,34,35,36). The minimum atomic E-state index is -3.52. The molecule has 42 heavy (non-hydrogen) atoms. The van der Waals surface area contributed by atoms with Crippen molar-refractivity contribution in [2.45, 2.75) is 62.6 Å². The summed E-state index contributed by atoms with van der Waals surface area (Å²) in [6.45, 7) is 10.2. The quantitative estimate of drug-likeness (QED) is 0.280. The molecule has 2 N–H and O–H groups in total. The summed E-state index contributed by atoms with van der Waals surface area (Å²) in [5.41, 5.74) is 2.25. The Hall–Kier alpha value is -3.08. The van der Waals surface area contributed by atoms with Crippen LogP contribution in [0, 0.1) is 5.92 Å². The van der Waals surface area contributed by atoms with Gasteiger partial charge in [-0.2, -0.15) is 4.98 Å². The Morgan fingerprint density at radius 1 is 0.976 bits per heavy atom. The Morgan fingerprint density at radius 2 is 1.69 bits per heavy atom. The van der Waals surface area contributed by atoms with Gasteiger partial charge in [-0.25, -0.2) is 13.4 Å². The van der Waals surface area contributed by atoms with Crippen molar-refractivity contribution >= 4 is 50.3 Å². The lowest BCUT2D eigenvalue weighted by Crippen LogP contribution is -2.47. The number of halogens is 1. The smallest absolute Gasteiger partial charge is 0.229 e. The van der Waals surface area contributed by atoms with E-state index >= 15 is 0 Å². The van der Waals surface area contributed by atoms with Gasteiger partial charge in [0.25, 0.3) is 0 Å². The second-order valence-corrected chi connectivity index (χ2v) is 14.4. The molecule has 3 heterocycles. The topological polar surface area (TPSA) is 99.7 Å². The first-order valence-electron chi connectivity index (χ1n) is 14.7. The highest BCUT2D eigenvalue weighted by atomic mass is 35.5. The molecular formula is C31H41ClN6O3S. The van der Waals surface area contributed by atoms with Gasteiger partial charge in [-0.15, -0.1) is 0 Å². The Morgan fingerprint density at radius 3 is 2.38 bits per heavy atom. The molecule has 0 saturated carbocycles. The highest BCUT2D eigenvalue weighted by Crippen LogP contribution is 2.35. The number of rotatable bonds is 9. The van der Waals surface area contributed by atoms with Gasteiger partial charge in [0.2, 0.25) is 5.95 Å². The SMILES string of the molecule is COc1cc(N2CCC(N3CCC(C)CC3)CC2)ccc1Nc1ncc(Cl)c(Nc2ccccc2S(=O)(=O)C(C)C)n1. The molecule has 2 aliphatic rings. The Bertz CT molecular complexity index is 1490. The Kier molecular flexibility index (Phi) is 9.44. The van der Waals surface area contributed by atoms with E-state index < -0.39 is 15.1 Å². The molecule has 2 saturated heterocycles. The number of piperidine rings is 2. The van der Waals surface area contributed by atoms with Crippen LogP contribution < -0.4 is 20.3 Å². The molecule has 5 rings (SSSR count). The van der Waals surface area contributed by atoms with Gasteiger partial charge in [-0.05, 0) is 82.8 Å². The average Bonchev–Trinajstić information content (AvgIpc) is 2.99. The number of benzene rings is 2. The fraction of sp³-hybridized carbons (Fsp3) is 0.484. The van der Waals surface area contributed by atoms with E-state index in [1.54, 1.807) is 45.2 Å². The van der Waals surface area contributed by atoms with Crippen LogP contribution in [0.2, 0.25) is 5.02 Å². The first-order valence-corrected chi connectivity index (χ1v) is 16.6. The maximum atomic E-state index is 12.9. The second kappa shape index (κ2) is 13.1. The summed E-state index contributed by atoms with van der Waals surface area (Å²) in [6.07, 6.45) is 6.45. The molecule has 0 radical (unpaired) electrons. The fourth-order valence-electron chi connectivity index (χ4n) is 5.70. The molecule has 0 unspecified atom stereocenters. The van der Waals surface area contributed by atoms with E-state index in [2.05, 4.69) is 43.4 Å². The van der Waals surface area contributed by atoms with Crippen LogP contribution in [0.5, 0.6) is 5.75 Å². The third-order valence-electron chi connectivity index (χ3n) is 8.41. The van der Waals surface area contributed by atoms with Crippen LogP contribution in [-0.2, 0) is 9.84 Å². The summed E-state index contributed by atoms with van der Waals surface area (Å²) in [6, 6.07) is 13.5. The predicted molar refractivity (Wildman–Crippen MR) is 171 cm³/mol. The summed E-state index contributed by atoms with van der Waals surface area (Å²) in [5.74, 6) is 2.13. The molecule has 9 nitrogen and oxygen atoms in total. The summed E-state index contributed by atoms with van der Waals surface area (Å²) < 4.78 is 31.6. The minimum Gasteiger partial charge on any atom is -0.494 e. The average molecular weight is 613 g/mol. The summed E-state index contributed by atoms with van der Waals surface area (Å²) >= 11 is 6.41. The van der Waals surface area contributed by atoms with Gasteiger partial charge in [0.1, 0.15) is 10.8 Å². The molecular weight excluding hydrogens is 572 g/mol. The number of anilines is 5. The zero-order valence-electron chi connectivity index (χ0n) is 24.8. The molecule has 1 aromatic heterocycles. The third kappa shape index (κ3) is 6.76. The lowest BCUT2D eigenvalue weighted by Gasteiger charge is -2.42. The molecule has 0 aliphatic carbocycles. The van der Waals surface area contributed by atoms with Crippen molar-refractivity contribution in [1.82, 2.24) is 14.9 Å². The second-order valence-electron chi connectivity index (χ2n) is 11.6. The first-order chi connectivity index (χ1) is 20.2. The van der Waals surface area contributed by atoms with Crippen LogP contribution >= 0.6 is 11.6 Å². The van der Waals surface area contributed by atoms with Crippen LogP contribution in [0.3, 0.4) is 0 Å². The van der Waals surface area contributed by atoms with E-state index in [9.17, 15) is 8.42 Å². The van der Waals surface area contributed by atoms with Gasteiger partial charge in [0, 0.05) is 30.9 Å². The fourth-order valence-corrected chi connectivity index (χ4v) is 7.04. The summed E-state index contributed by atoms with van der Waals surface area (Å²) in [4.78, 5) is 14.2. The molecule has 0 bridgehead atoms. The summed E-state index contributed by atoms with van der Waals surface area (Å²) in [7, 11) is -1.87. The number of sulfone groups is 1. The Balaban J connectivity index is 1.28. The number of aromatic nitrogens is 2. The van der Waals surface area contributed by atoms with Crippen molar-refractivity contribution in [3.63, 3.8) is 0 Å². The molecule has 0 amide bonds. The van der Waals surface area contributed by atoms with Gasteiger partial charge >= 0.3 is 0 Å². The number of nitrogens with one attached hydrogen (secondary N) is 2. The third-order valence-corrected chi connectivity index (χ3v) is 10.9. The van der Waals surface area contributed by atoms with Gasteiger partial charge in [-0.3, -0.25) is 0 Å². The molecule has 11 heteroatoms. The highest BCUT2D eigenvalue weighted by Gasteiger charge is 2.28. The van der Waals surface area contributed by atoms with E-state index in [0.717, 1.165) is 30.4 Å². The first kappa shape index (κ1) is 30.4. The zero-order chi connectivity index (χ0) is 29.9. The largest absolute Gasteiger partial charge is 0.494 e. The van der Waals surface area contributed by atoms with Gasteiger partial charge < -0.3 is 25.2 Å². The van der Waals surface area contributed by atoms with E-state index in [0.29, 0.717) is 29.2 Å². The number of likely N-dealkylation sites (tertiary alicyclic amines) is 1. The van der Waals surface area contributed by atoms with E-state index in [-0.39, 0.29) is 9.92 Å². The number of ether oxygens (including phenoxy) is 1. The van der Waals surface area contributed by atoms with Crippen molar-refractivity contribution in [3.8, 4) is 5.75 Å². The van der Waals surface area contributed by atoms with Crippen LogP contribution in [-0.4, -0.2) is 67.9 Å². The minimum absolute atomic E-state index is 0.191. The number of hydrogen-bond acceptors (Lipinski definition) is 9. The van der Waals surface area contributed by atoms with Crippen LogP contribution in [0.25, 0.3) is 0 Å². The number of nitrogens with zero attached hydrogens (tertiary/aromatic N) is 4. The van der Waals surface area contributed by atoms with E-state index in [1.165, 1.54) is 45.0 Å². The van der Waals surface area contributed by atoms with Gasteiger partial charge in [-0.1, -0.05) is 30.7 Å². The lowest BCUT2D eigenvalue weighted by atomic mass is 9.95. The molecule has 2 aliphatic heterocycles. The van der Waals surface area contributed by atoms with Crippen molar-refractivity contribution in [3.05, 3.63) is 53.7 Å². The van der Waals surface area contributed by atoms with Crippen molar-refractivity contribution < 1.29 is 13.2 Å². The Labute approximate surface area is 254 Å². The molecule has 0 spiro atoms. The maximum absolute atomic E-state index is 12.9. The molecule has 2 aromatic carbocycles. The van der Waals surface area contributed by atoms with Crippen molar-refractivity contribution in [2.75, 3.05) is 48.8 Å². The van der Waals surface area contributed by atoms with Gasteiger partial charge in [0.05, 0.1) is 34.8 Å². The molecule has 0 atom stereocenters. The van der Waals surface area contributed by atoms with E-state index in [4.69, 9.17) is 16.3 Å². The number of para-hydroxylation sites is 1. The maximum Gasteiger partial charge on any atom is 0.229 e. The van der Waals surface area contributed by atoms with E-state index in [1.807, 2.05) is 12.1 Å². The number of methoxy groups -OCH3 is 1. The highest BCUT2D eigenvalue weighted by molar-refractivity contribution is 7.92. The van der Waals surface area contributed by atoms with Crippen LogP contribution in [0.4, 0.5) is 28.8 Å². The lowest BCUT2D eigenvalue weighted by molar-refractivity contribution is 0.120. The predicted octanol–water partition coefficient (Wildman–Crippen LogP) is 6.51.